The average molecular weight is 468 g/mol. The number of amides is 1. The molecule has 0 spiro atoms. The smallest absolute Gasteiger partial charge is 0.241 e. The summed E-state index contributed by atoms with van der Waals surface area (Å²) in [5, 5.41) is 6.05. The Labute approximate surface area is 193 Å². The van der Waals surface area contributed by atoms with Crippen LogP contribution < -0.4 is 16.4 Å². The number of fused-ring (bicyclic) bond motifs is 1. The number of halogens is 2. The molecule has 0 saturated carbocycles. The molecule has 1 saturated heterocycles. The van der Waals surface area contributed by atoms with Crippen LogP contribution in [0.15, 0.2) is 48.5 Å². The number of nitrogens with zero attached hydrogens (tertiary/aromatic N) is 5. The second-order valence-corrected chi connectivity index (χ2v) is 8.74. The van der Waals surface area contributed by atoms with Gasteiger partial charge in [-0.25, -0.2) is 4.98 Å². The van der Waals surface area contributed by atoms with Crippen LogP contribution in [0.5, 0.6) is 0 Å². The first kappa shape index (κ1) is 20.7. The summed E-state index contributed by atoms with van der Waals surface area (Å²) < 4.78 is 1.66. The number of hydrogen-bond donors (Lipinski definition) is 2. The molecule has 2 aromatic heterocycles. The molecule has 4 aromatic rings. The number of aryl methyl sites for hydroxylation is 1. The summed E-state index contributed by atoms with van der Waals surface area (Å²) in [7, 11) is 0. The van der Waals surface area contributed by atoms with Crippen LogP contribution in [0.3, 0.4) is 0 Å². The first-order valence-electron chi connectivity index (χ1n) is 9.89. The Balaban J connectivity index is 1.76. The van der Waals surface area contributed by atoms with Gasteiger partial charge in [0.15, 0.2) is 5.65 Å². The number of rotatable bonds is 4. The second kappa shape index (κ2) is 7.44. The van der Waals surface area contributed by atoms with Crippen LogP contribution in [-0.4, -0.2) is 44.1 Å². The van der Waals surface area contributed by atoms with Crippen molar-refractivity contribution in [2.45, 2.75) is 12.5 Å². The summed E-state index contributed by atoms with van der Waals surface area (Å²) in [6, 6.07) is 15.0. The fraction of sp³-hybridized carbons (Fsp3) is 0.182. The maximum absolute atomic E-state index is 11.7. The topological polar surface area (TPSA) is 115 Å². The van der Waals surface area contributed by atoms with Crippen molar-refractivity contribution >= 4 is 40.7 Å². The highest BCUT2D eigenvalue weighted by atomic mass is 35.5. The van der Waals surface area contributed by atoms with Crippen molar-refractivity contribution in [3.05, 3.63) is 64.4 Å². The summed E-state index contributed by atoms with van der Waals surface area (Å²) in [5.74, 6) is 0.542. The molecule has 0 atom stereocenters. The zero-order valence-corrected chi connectivity index (χ0v) is 18.6. The second-order valence-electron chi connectivity index (χ2n) is 7.89. The van der Waals surface area contributed by atoms with Crippen LogP contribution in [0.1, 0.15) is 5.82 Å². The van der Waals surface area contributed by atoms with Crippen molar-refractivity contribution < 1.29 is 4.79 Å². The Hall–Kier alpha value is -3.20. The Bertz CT molecular complexity index is 1360. The molecule has 0 bridgehead atoms. The molecule has 1 aliphatic heterocycles. The summed E-state index contributed by atoms with van der Waals surface area (Å²) in [5.41, 5.74) is 14.2. The first-order valence-corrected chi connectivity index (χ1v) is 10.6. The van der Waals surface area contributed by atoms with E-state index in [1.165, 1.54) is 0 Å². The van der Waals surface area contributed by atoms with Gasteiger partial charge in [0.2, 0.25) is 11.9 Å². The Morgan fingerprint density at radius 1 is 1.06 bits per heavy atom. The van der Waals surface area contributed by atoms with Gasteiger partial charge in [0.1, 0.15) is 17.1 Å². The molecular weight excluding hydrogens is 449 g/mol. The summed E-state index contributed by atoms with van der Waals surface area (Å²) in [6.45, 7) is 2.29. The molecule has 10 heteroatoms. The molecule has 1 amide bonds. The third-order valence-corrected chi connectivity index (χ3v) is 6.14. The minimum absolute atomic E-state index is 0.242. The maximum Gasteiger partial charge on any atom is 0.241 e. The Kier molecular flexibility index (Phi) is 4.81. The number of benzene rings is 2. The molecule has 0 radical (unpaired) electrons. The van der Waals surface area contributed by atoms with Crippen LogP contribution in [0.4, 0.5) is 5.95 Å². The third kappa shape index (κ3) is 3.28. The van der Waals surface area contributed by atoms with Crippen LogP contribution in [-0.2, 0) is 4.79 Å². The van der Waals surface area contributed by atoms with Gasteiger partial charge in [0.05, 0.1) is 10.6 Å². The molecule has 1 fully saturated rings. The van der Waals surface area contributed by atoms with E-state index < -0.39 is 11.4 Å². The van der Waals surface area contributed by atoms with Gasteiger partial charge in [0.25, 0.3) is 0 Å². The van der Waals surface area contributed by atoms with Gasteiger partial charge in [-0.3, -0.25) is 4.79 Å². The van der Waals surface area contributed by atoms with Crippen LogP contribution in [0, 0.1) is 6.92 Å². The van der Waals surface area contributed by atoms with Gasteiger partial charge in [-0.05, 0) is 30.7 Å². The van der Waals surface area contributed by atoms with E-state index in [0.29, 0.717) is 33.2 Å². The van der Waals surface area contributed by atoms with E-state index in [4.69, 9.17) is 39.8 Å². The highest BCUT2D eigenvalue weighted by Gasteiger charge is 2.46. The number of primary amides is 1. The highest BCUT2D eigenvalue weighted by Crippen LogP contribution is 2.39. The molecule has 0 aliphatic carbocycles. The Morgan fingerprint density at radius 2 is 1.75 bits per heavy atom. The highest BCUT2D eigenvalue weighted by molar-refractivity contribution is 6.33. The largest absolute Gasteiger partial charge is 0.368 e. The molecule has 3 heterocycles. The molecule has 8 nitrogen and oxygen atoms in total. The van der Waals surface area contributed by atoms with Crippen molar-refractivity contribution in [1.82, 2.24) is 19.6 Å². The predicted molar refractivity (Wildman–Crippen MR) is 125 cm³/mol. The van der Waals surface area contributed by atoms with Crippen molar-refractivity contribution in [2.75, 3.05) is 18.0 Å². The van der Waals surface area contributed by atoms with E-state index in [1.54, 1.807) is 11.4 Å². The predicted octanol–water partition coefficient (Wildman–Crippen LogP) is 3.08. The fourth-order valence-electron chi connectivity index (χ4n) is 3.88. The first-order chi connectivity index (χ1) is 15.3. The van der Waals surface area contributed by atoms with E-state index in [2.05, 4.69) is 9.97 Å². The Morgan fingerprint density at radius 3 is 2.41 bits per heavy atom. The number of anilines is 1. The van der Waals surface area contributed by atoms with Crippen molar-refractivity contribution in [2.24, 2.45) is 11.5 Å². The van der Waals surface area contributed by atoms with E-state index in [9.17, 15) is 4.79 Å². The third-order valence-electron chi connectivity index (χ3n) is 5.56. The monoisotopic (exact) mass is 467 g/mol. The van der Waals surface area contributed by atoms with Crippen LogP contribution in [0.2, 0.25) is 10.0 Å². The summed E-state index contributed by atoms with van der Waals surface area (Å²) >= 11 is 12.7. The molecule has 32 heavy (non-hydrogen) atoms. The van der Waals surface area contributed by atoms with E-state index in [-0.39, 0.29) is 13.1 Å². The van der Waals surface area contributed by atoms with E-state index in [1.807, 2.05) is 53.4 Å². The normalized spacial score (nSPS) is 15.1. The van der Waals surface area contributed by atoms with Gasteiger partial charge < -0.3 is 16.4 Å². The van der Waals surface area contributed by atoms with Crippen molar-refractivity contribution in [3.8, 4) is 22.4 Å². The van der Waals surface area contributed by atoms with Gasteiger partial charge in [0, 0.05) is 23.7 Å². The molecule has 162 valence electrons. The number of nitrogens with two attached hydrogens (primary N) is 2. The molecule has 2 aromatic carbocycles. The zero-order chi connectivity index (χ0) is 22.6. The standard InChI is InChI=1S/C22H19Cl2N7O/c1-12-27-19-17(13-6-8-14(23)9-7-13)18(15-4-2-3-5-16(15)24)29-31(19)21(28-12)30-10-22(26,11-30)20(25)32/h2-9H,10-11,26H2,1H3,(H2,25,32). The summed E-state index contributed by atoms with van der Waals surface area (Å²) in [6.07, 6.45) is 0. The van der Waals surface area contributed by atoms with Crippen molar-refractivity contribution in [1.29, 1.82) is 0 Å². The number of carbonyl (C=O) groups is 1. The van der Waals surface area contributed by atoms with E-state index >= 15 is 0 Å². The van der Waals surface area contributed by atoms with Crippen LogP contribution >= 0.6 is 23.2 Å². The lowest BCUT2D eigenvalue weighted by molar-refractivity contribution is -0.124. The van der Waals surface area contributed by atoms with Crippen LogP contribution in [0.25, 0.3) is 28.0 Å². The fourth-order valence-corrected chi connectivity index (χ4v) is 4.23. The molecule has 0 unspecified atom stereocenters. The molecule has 4 N–H and O–H groups in total. The molecular formula is C22H19Cl2N7O. The van der Waals surface area contributed by atoms with Gasteiger partial charge in [-0.15, -0.1) is 0 Å². The lowest BCUT2D eigenvalue weighted by atomic mass is 9.91. The maximum atomic E-state index is 11.7. The molecule has 1 aliphatic rings. The van der Waals surface area contributed by atoms with Gasteiger partial charge in [-0.2, -0.15) is 14.6 Å². The lowest BCUT2D eigenvalue weighted by Crippen LogP contribution is -2.74. The summed E-state index contributed by atoms with van der Waals surface area (Å²) in [4.78, 5) is 22.8. The molecule has 5 rings (SSSR count). The average Bonchev–Trinajstić information content (AvgIpc) is 3.10. The zero-order valence-electron chi connectivity index (χ0n) is 17.1. The van der Waals surface area contributed by atoms with Gasteiger partial charge >= 0.3 is 0 Å². The lowest BCUT2D eigenvalue weighted by Gasteiger charge is -2.45. The minimum Gasteiger partial charge on any atom is -0.368 e. The number of aromatic nitrogens is 4. The number of carbonyl (C=O) groups excluding carboxylic acids is 1. The van der Waals surface area contributed by atoms with Gasteiger partial charge in [-0.1, -0.05) is 53.5 Å². The quantitative estimate of drug-likeness (QED) is 0.476. The SMILES string of the molecule is Cc1nc(N2CC(N)(C(N)=O)C2)n2nc(-c3ccccc3Cl)c(-c3ccc(Cl)cc3)c2n1. The van der Waals surface area contributed by atoms with E-state index in [0.717, 1.165) is 16.7 Å². The number of hydrogen-bond acceptors (Lipinski definition) is 6. The van der Waals surface area contributed by atoms with Crippen molar-refractivity contribution in [3.63, 3.8) is 0 Å². The minimum atomic E-state index is -1.09.